The normalized spacial score (nSPS) is 16.6. The smallest absolute Gasteiger partial charge is 0.178 e. The maximum Gasteiger partial charge on any atom is 0.178 e. The summed E-state index contributed by atoms with van der Waals surface area (Å²) < 4.78 is 2.20. The van der Waals surface area contributed by atoms with E-state index in [1.807, 2.05) is 0 Å². The van der Waals surface area contributed by atoms with Gasteiger partial charge in [-0.25, -0.2) is 0 Å². The standard InChI is InChI=1S/C8H15N3Si/c1-12(2,3)11-8-6-4-5-7(8)9-10-11/h4-6H2,1-3H3. The first-order chi connectivity index (χ1) is 5.59. The predicted octanol–water partition coefficient (Wildman–Crippen LogP) is 1.45. The average Bonchev–Trinajstić information content (AvgIpc) is 2.37. The van der Waals surface area contributed by atoms with E-state index in [1.54, 1.807) is 0 Å². The highest BCUT2D eigenvalue weighted by atomic mass is 28.3. The minimum atomic E-state index is -1.29. The molecule has 1 aromatic heterocycles. The van der Waals surface area contributed by atoms with Crippen LogP contribution in [0.1, 0.15) is 17.8 Å². The lowest BCUT2D eigenvalue weighted by Crippen LogP contribution is -2.34. The molecule has 0 bridgehead atoms. The van der Waals surface area contributed by atoms with Crippen molar-refractivity contribution in [2.24, 2.45) is 0 Å². The van der Waals surface area contributed by atoms with Crippen molar-refractivity contribution >= 4 is 8.24 Å². The van der Waals surface area contributed by atoms with Gasteiger partial charge in [0.2, 0.25) is 0 Å². The van der Waals surface area contributed by atoms with Gasteiger partial charge < -0.3 is 0 Å². The Bertz CT molecular complexity index is 298. The summed E-state index contributed by atoms with van der Waals surface area (Å²) in [6.45, 7) is 6.92. The summed E-state index contributed by atoms with van der Waals surface area (Å²) in [5.74, 6) is 0. The molecule has 0 unspecified atom stereocenters. The molecule has 0 radical (unpaired) electrons. The van der Waals surface area contributed by atoms with Crippen molar-refractivity contribution in [2.45, 2.75) is 38.9 Å². The molecule has 0 amide bonds. The molecule has 12 heavy (non-hydrogen) atoms. The zero-order chi connectivity index (χ0) is 8.77. The number of hydrogen-bond donors (Lipinski definition) is 0. The zero-order valence-electron chi connectivity index (χ0n) is 7.96. The zero-order valence-corrected chi connectivity index (χ0v) is 8.96. The Balaban J connectivity index is 2.46. The van der Waals surface area contributed by atoms with Gasteiger partial charge in [-0.2, -0.15) is 0 Å². The van der Waals surface area contributed by atoms with Crippen molar-refractivity contribution in [3.8, 4) is 0 Å². The van der Waals surface area contributed by atoms with Gasteiger partial charge in [0, 0.05) is 0 Å². The molecule has 4 heteroatoms. The third kappa shape index (κ3) is 1.10. The van der Waals surface area contributed by atoms with Gasteiger partial charge in [-0.3, -0.25) is 4.35 Å². The minimum absolute atomic E-state index is 1.14. The molecule has 0 atom stereocenters. The Hall–Kier alpha value is -0.643. The van der Waals surface area contributed by atoms with Gasteiger partial charge in [0.25, 0.3) is 0 Å². The van der Waals surface area contributed by atoms with Crippen LogP contribution >= 0.6 is 0 Å². The predicted molar refractivity (Wildman–Crippen MR) is 50.8 cm³/mol. The molecule has 66 valence electrons. The van der Waals surface area contributed by atoms with Crippen LogP contribution in [-0.4, -0.2) is 22.9 Å². The Kier molecular flexibility index (Phi) is 1.61. The molecule has 0 N–H and O–H groups in total. The van der Waals surface area contributed by atoms with Crippen LogP contribution in [0.25, 0.3) is 0 Å². The summed E-state index contributed by atoms with van der Waals surface area (Å²) in [5, 5.41) is 8.45. The Morgan fingerprint density at radius 1 is 1.25 bits per heavy atom. The van der Waals surface area contributed by atoms with Crippen LogP contribution in [0, 0.1) is 0 Å². The third-order valence-corrected chi connectivity index (χ3v) is 3.94. The number of aryl methyl sites for hydroxylation is 1. The fraction of sp³-hybridized carbons (Fsp3) is 0.750. The lowest BCUT2D eigenvalue weighted by molar-refractivity contribution is 0.756. The van der Waals surface area contributed by atoms with E-state index in [-0.39, 0.29) is 0 Å². The van der Waals surface area contributed by atoms with E-state index in [2.05, 4.69) is 34.3 Å². The molecule has 2 rings (SSSR count). The van der Waals surface area contributed by atoms with E-state index >= 15 is 0 Å². The van der Waals surface area contributed by atoms with E-state index < -0.39 is 8.24 Å². The first-order valence-electron chi connectivity index (χ1n) is 4.53. The van der Waals surface area contributed by atoms with Crippen molar-refractivity contribution in [1.82, 2.24) is 14.7 Å². The number of rotatable bonds is 1. The molecule has 0 spiro atoms. The van der Waals surface area contributed by atoms with Gasteiger partial charge in [-0.05, 0) is 38.9 Å². The molecule has 1 aromatic rings. The highest BCUT2D eigenvalue weighted by molar-refractivity contribution is 6.74. The Morgan fingerprint density at radius 3 is 2.67 bits per heavy atom. The van der Waals surface area contributed by atoms with Gasteiger partial charge in [0.1, 0.15) is 0 Å². The SMILES string of the molecule is C[Si](C)(C)n1nnc2c1CCC2. The molecule has 0 saturated heterocycles. The van der Waals surface area contributed by atoms with Crippen LogP contribution in [0.2, 0.25) is 19.6 Å². The number of hydrogen-bond acceptors (Lipinski definition) is 2. The largest absolute Gasteiger partial charge is 0.279 e. The van der Waals surface area contributed by atoms with E-state index in [0.717, 1.165) is 6.42 Å². The summed E-state index contributed by atoms with van der Waals surface area (Å²) in [6.07, 6.45) is 3.59. The van der Waals surface area contributed by atoms with Gasteiger partial charge in [-0.1, -0.05) is 5.21 Å². The van der Waals surface area contributed by atoms with Gasteiger partial charge in [-0.15, -0.1) is 5.10 Å². The van der Waals surface area contributed by atoms with E-state index in [1.165, 1.54) is 24.2 Å². The van der Waals surface area contributed by atoms with Gasteiger partial charge >= 0.3 is 0 Å². The summed E-state index contributed by atoms with van der Waals surface area (Å²) >= 11 is 0. The van der Waals surface area contributed by atoms with E-state index in [9.17, 15) is 0 Å². The first-order valence-corrected chi connectivity index (χ1v) is 7.98. The molecule has 1 heterocycles. The lowest BCUT2D eigenvalue weighted by atomic mass is 10.4. The number of nitrogens with zero attached hydrogens (tertiary/aromatic N) is 3. The van der Waals surface area contributed by atoms with Gasteiger partial charge in [0.15, 0.2) is 8.24 Å². The molecular weight excluding hydrogens is 166 g/mol. The van der Waals surface area contributed by atoms with Crippen LogP contribution in [0.15, 0.2) is 0 Å². The molecule has 3 nitrogen and oxygen atoms in total. The highest BCUT2D eigenvalue weighted by Gasteiger charge is 2.26. The molecule has 0 fully saturated rings. The topological polar surface area (TPSA) is 30.7 Å². The molecular formula is C8H15N3Si. The van der Waals surface area contributed by atoms with Crippen LogP contribution < -0.4 is 0 Å². The van der Waals surface area contributed by atoms with Crippen LogP contribution in [-0.2, 0) is 12.8 Å². The molecule has 0 aromatic carbocycles. The monoisotopic (exact) mass is 181 g/mol. The first kappa shape index (κ1) is 7.98. The highest BCUT2D eigenvalue weighted by Crippen LogP contribution is 2.21. The van der Waals surface area contributed by atoms with E-state index in [4.69, 9.17) is 0 Å². The number of fused-ring (bicyclic) bond motifs is 1. The van der Waals surface area contributed by atoms with E-state index in [0.29, 0.717) is 0 Å². The minimum Gasteiger partial charge on any atom is -0.279 e. The Labute approximate surface area is 73.9 Å². The van der Waals surface area contributed by atoms with Gasteiger partial charge in [0.05, 0.1) is 11.4 Å². The van der Waals surface area contributed by atoms with Crippen molar-refractivity contribution in [3.05, 3.63) is 11.4 Å². The second kappa shape index (κ2) is 2.42. The fourth-order valence-corrected chi connectivity index (χ4v) is 3.10. The summed E-state index contributed by atoms with van der Waals surface area (Å²) in [7, 11) is -1.29. The van der Waals surface area contributed by atoms with Crippen LogP contribution in [0.5, 0.6) is 0 Å². The second-order valence-corrected chi connectivity index (χ2v) is 9.18. The third-order valence-electron chi connectivity index (χ3n) is 2.31. The van der Waals surface area contributed by atoms with Crippen LogP contribution in [0.4, 0.5) is 0 Å². The van der Waals surface area contributed by atoms with Crippen molar-refractivity contribution in [3.63, 3.8) is 0 Å². The fourth-order valence-electron chi connectivity index (χ4n) is 1.74. The molecule has 1 aliphatic carbocycles. The lowest BCUT2D eigenvalue weighted by Gasteiger charge is -2.17. The van der Waals surface area contributed by atoms with Crippen molar-refractivity contribution in [2.75, 3.05) is 0 Å². The molecule has 1 aliphatic rings. The van der Waals surface area contributed by atoms with Crippen LogP contribution in [0.3, 0.4) is 0 Å². The number of aromatic nitrogens is 3. The molecule has 0 saturated carbocycles. The Morgan fingerprint density at radius 2 is 2.00 bits per heavy atom. The summed E-state index contributed by atoms with van der Waals surface area (Å²) in [5.41, 5.74) is 2.66. The second-order valence-electron chi connectivity index (χ2n) is 4.42. The molecule has 0 aliphatic heterocycles. The maximum atomic E-state index is 4.24. The van der Waals surface area contributed by atoms with Crippen molar-refractivity contribution in [1.29, 1.82) is 0 Å². The quantitative estimate of drug-likeness (QED) is 0.614. The van der Waals surface area contributed by atoms with Crippen molar-refractivity contribution < 1.29 is 0 Å². The summed E-state index contributed by atoms with van der Waals surface area (Å²) in [6, 6.07) is 0. The maximum absolute atomic E-state index is 4.24. The average molecular weight is 181 g/mol. The summed E-state index contributed by atoms with van der Waals surface area (Å²) in [4.78, 5) is 0.